The number of hydrogen-bond acceptors (Lipinski definition) is 9. The first-order valence-electron chi connectivity index (χ1n) is 13.7. The lowest BCUT2D eigenvalue weighted by Gasteiger charge is -2.35. The third-order valence-corrected chi connectivity index (χ3v) is 7.47. The van der Waals surface area contributed by atoms with E-state index in [1.54, 1.807) is 25.2 Å². The molecule has 3 heterocycles. The molecule has 11 heteroatoms. The van der Waals surface area contributed by atoms with Gasteiger partial charge in [-0.1, -0.05) is 23.7 Å². The molecule has 0 spiro atoms. The van der Waals surface area contributed by atoms with Gasteiger partial charge in [-0.15, -0.1) is 0 Å². The van der Waals surface area contributed by atoms with Crippen LogP contribution in [0.3, 0.4) is 0 Å². The topological polar surface area (TPSA) is 123 Å². The Hall–Kier alpha value is -3.05. The molecule has 0 bridgehead atoms. The van der Waals surface area contributed by atoms with Gasteiger partial charge >= 0.3 is 0 Å². The number of hydrogen-bond donors (Lipinski definition) is 2. The Morgan fingerprint density at radius 3 is 2.80 bits per heavy atom. The predicted molar refractivity (Wildman–Crippen MR) is 153 cm³/mol. The molecule has 1 aromatic carbocycles. The van der Waals surface area contributed by atoms with Crippen molar-refractivity contribution in [1.82, 2.24) is 25.3 Å². The van der Waals surface area contributed by atoms with Crippen LogP contribution in [0.5, 0.6) is 5.75 Å². The van der Waals surface area contributed by atoms with Gasteiger partial charge in [-0.05, 0) is 64.4 Å². The maximum Gasteiger partial charge on any atom is 0.222 e. The van der Waals surface area contributed by atoms with Gasteiger partial charge in [0.1, 0.15) is 24.2 Å². The van der Waals surface area contributed by atoms with E-state index in [-0.39, 0.29) is 18.6 Å². The molecule has 0 unspecified atom stereocenters. The molecule has 1 aliphatic rings. The maximum absolute atomic E-state index is 12.6. The summed E-state index contributed by atoms with van der Waals surface area (Å²) in [7, 11) is 1.77. The standard InChI is InChI=1S/C29H38ClN5O5/c1-6-26(37)35-11-12-38-15-20(35)7-10-25-17(2)28(27-18(3)34-40-19(27)4)33-29(32-25)23-13-22(8-9-24(23)30)39-16-21(36)14-31-5/h8-9,13,20-21,31,36H,6-7,10-12,14-16H2,1-5H3/t20-,21-/m0/s1. The minimum absolute atomic E-state index is 0.0223. The second-order valence-electron chi connectivity index (χ2n) is 10.0. The van der Waals surface area contributed by atoms with Crippen LogP contribution in [-0.4, -0.2) is 83.1 Å². The number of halogens is 1. The van der Waals surface area contributed by atoms with Crippen LogP contribution >= 0.6 is 11.6 Å². The van der Waals surface area contributed by atoms with Gasteiger partial charge in [0.2, 0.25) is 5.91 Å². The zero-order valence-corrected chi connectivity index (χ0v) is 24.5. The summed E-state index contributed by atoms with van der Waals surface area (Å²) in [6.07, 6.45) is 1.13. The first-order valence-corrected chi connectivity index (χ1v) is 14.0. The molecule has 3 aromatic rings. The number of nitrogens with zero attached hydrogens (tertiary/aromatic N) is 4. The number of aliphatic hydroxyl groups excluding tert-OH is 1. The minimum Gasteiger partial charge on any atom is -0.491 e. The monoisotopic (exact) mass is 571 g/mol. The molecule has 4 rings (SSSR count). The molecule has 1 amide bonds. The van der Waals surface area contributed by atoms with Crippen molar-refractivity contribution in [2.75, 3.05) is 40.0 Å². The SMILES string of the molecule is CCC(=O)N1CCOC[C@@H]1CCc1nc(-c2cc(OC[C@@H](O)CNC)ccc2Cl)nc(-c2c(C)noc2C)c1C. The molecule has 216 valence electrons. The third kappa shape index (κ3) is 6.80. The summed E-state index contributed by atoms with van der Waals surface area (Å²) < 4.78 is 17.0. The van der Waals surface area contributed by atoms with Gasteiger partial charge in [0, 0.05) is 30.8 Å². The number of carbonyl (C=O) groups excluding carboxylic acids is 1. The number of rotatable bonds is 11. The van der Waals surface area contributed by atoms with Gasteiger partial charge in [0.25, 0.3) is 0 Å². The van der Waals surface area contributed by atoms with E-state index in [4.69, 9.17) is 35.6 Å². The first-order chi connectivity index (χ1) is 19.2. The Morgan fingerprint density at radius 1 is 1.30 bits per heavy atom. The van der Waals surface area contributed by atoms with Crippen molar-refractivity contribution in [2.24, 2.45) is 0 Å². The number of morpholine rings is 1. The smallest absolute Gasteiger partial charge is 0.222 e. The lowest BCUT2D eigenvalue weighted by atomic mass is 9.99. The number of aromatic nitrogens is 3. The van der Waals surface area contributed by atoms with Gasteiger partial charge in [-0.25, -0.2) is 9.97 Å². The van der Waals surface area contributed by atoms with Gasteiger partial charge in [0.05, 0.1) is 41.2 Å². The van der Waals surface area contributed by atoms with E-state index in [1.165, 1.54) is 0 Å². The van der Waals surface area contributed by atoms with E-state index in [0.717, 1.165) is 28.2 Å². The van der Waals surface area contributed by atoms with Crippen LogP contribution in [0, 0.1) is 20.8 Å². The summed E-state index contributed by atoms with van der Waals surface area (Å²) in [6, 6.07) is 5.26. The van der Waals surface area contributed by atoms with Crippen molar-refractivity contribution in [3.05, 3.63) is 45.9 Å². The van der Waals surface area contributed by atoms with Crippen LogP contribution in [0.1, 0.15) is 42.5 Å². The third-order valence-electron chi connectivity index (χ3n) is 7.14. The number of benzene rings is 1. The summed E-state index contributed by atoms with van der Waals surface area (Å²) in [6.45, 7) is 9.83. The molecule has 0 aliphatic carbocycles. The largest absolute Gasteiger partial charge is 0.491 e. The lowest BCUT2D eigenvalue weighted by molar-refractivity contribution is -0.139. The molecule has 2 atom stereocenters. The highest BCUT2D eigenvalue weighted by Crippen LogP contribution is 2.35. The van der Waals surface area contributed by atoms with Crippen LogP contribution in [0.2, 0.25) is 5.02 Å². The second kappa shape index (κ2) is 13.5. The molecule has 1 saturated heterocycles. The average molecular weight is 572 g/mol. The normalized spacial score (nSPS) is 16.3. The van der Waals surface area contributed by atoms with E-state index in [2.05, 4.69) is 10.5 Å². The Balaban J connectivity index is 1.72. The van der Waals surface area contributed by atoms with Crippen molar-refractivity contribution >= 4 is 17.5 Å². The highest BCUT2D eigenvalue weighted by atomic mass is 35.5. The van der Waals surface area contributed by atoms with Gasteiger partial charge in [-0.2, -0.15) is 0 Å². The van der Waals surface area contributed by atoms with E-state index >= 15 is 0 Å². The fraction of sp³-hybridized carbons (Fsp3) is 0.517. The number of aliphatic hydroxyl groups is 1. The quantitative estimate of drug-likeness (QED) is 0.352. The fourth-order valence-corrected chi connectivity index (χ4v) is 5.17. The summed E-state index contributed by atoms with van der Waals surface area (Å²) in [5.74, 6) is 1.79. The molecular weight excluding hydrogens is 534 g/mol. The number of carbonyl (C=O) groups is 1. The van der Waals surface area contributed by atoms with Crippen molar-refractivity contribution < 1.29 is 23.9 Å². The number of aryl methyl sites for hydroxylation is 3. The molecular formula is C29H38ClN5O5. The summed E-state index contributed by atoms with van der Waals surface area (Å²) in [4.78, 5) is 24.4. The van der Waals surface area contributed by atoms with E-state index in [0.29, 0.717) is 73.5 Å². The molecule has 1 fully saturated rings. The second-order valence-corrected chi connectivity index (χ2v) is 10.4. The zero-order chi connectivity index (χ0) is 28.8. The van der Waals surface area contributed by atoms with Crippen molar-refractivity contribution in [2.45, 2.75) is 59.1 Å². The van der Waals surface area contributed by atoms with Gasteiger partial charge < -0.3 is 29.3 Å². The van der Waals surface area contributed by atoms with E-state index in [9.17, 15) is 9.90 Å². The van der Waals surface area contributed by atoms with Gasteiger partial charge in [-0.3, -0.25) is 4.79 Å². The summed E-state index contributed by atoms with van der Waals surface area (Å²) in [5.41, 5.74) is 4.66. The predicted octanol–water partition coefficient (Wildman–Crippen LogP) is 3.91. The van der Waals surface area contributed by atoms with Crippen LogP contribution < -0.4 is 10.1 Å². The van der Waals surface area contributed by atoms with Crippen molar-refractivity contribution in [1.29, 1.82) is 0 Å². The highest BCUT2D eigenvalue weighted by molar-refractivity contribution is 6.33. The molecule has 0 radical (unpaired) electrons. The molecule has 0 saturated carbocycles. The van der Waals surface area contributed by atoms with Crippen molar-refractivity contribution in [3.63, 3.8) is 0 Å². The number of likely N-dealkylation sites (N-methyl/N-ethyl adjacent to an activating group) is 1. The molecule has 1 aliphatic heterocycles. The zero-order valence-electron chi connectivity index (χ0n) is 23.8. The number of nitrogens with one attached hydrogen (secondary N) is 1. The fourth-order valence-electron chi connectivity index (χ4n) is 4.97. The first kappa shape index (κ1) is 29.9. The van der Waals surface area contributed by atoms with E-state index < -0.39 is 6.10 Å². The van der Waals surface area contributed by atoms with Crippen LogP contribution in [-0.2, 0) is 16.0 Å². The average Bonchev–Trinajstić information content (AvgIpc) is 3.29. The molecule has 10 nitrogen and oxygen atoms in total. The summed E-state index contributed by atoms with van der Waals surface area (Å²) >= 11 is 6.66. The van der Waals surface area contributed by atoms with E-state index in [1.807, 2.05) is 32.6 Å². The molecule has 2 N–H and O–H groups in total. The Kier molecular flexibility index (Phi) is 10.1. The van der Waals surface area contributed by atoms with Crippen LogP contribution in [0.15, 0.2) is 22.7 Å². The summed E-state index contributed by atoms with van der Waals surface area (Å²) in [5, 5.41) is 17.6. The van der Waals surface area contributed by atoms with Crippen LogP contribution in [0.4, 0.5) is 0 Å². The number of amides is 1. The molecule has 40 heavy (non-hydrogen) atoms. The van der Waals surface area contributed by atoms with Crippen molar-refractivity contribution in [3.8, 4) is 28.4 Å². The van der Waals surface area contributed by atoms with Crippen LogP contribution in [0.25, 0.3) is 22.6 Å². The minimum atomic E-state index is -0.652. The Morgan fingerprint density at radius 2 is 2.10 bits per heavy atom. The van der Waals surface area contributed by atoms with Gasteiger partial charge in [0.15, 0.2) is 5.82 Å². The number of ether oxygens (including phenoxy) is 2. The Bertz CT molecular complexity index is 1310. The molecule has 2 aromatic heterocycles. The lowest BCUT2D eigenvalue weighted by Crippen LogP contribution is -2.48. The Labute approximate surface area is 240 Å². The maximum atomic E-state index is 12.6. The highest BCUT2D eigenvalue weighted by Gasteiger charge is 2.27.